The van der Waals surface area contributed by atoms with Crippen molar-refractivity contribution < 1.29 is 19.4 Å². The third kappa shape index (κ3) is 3.56. The topological polar surface area (TPSA) is 66.8 Å². The second kappa shape index (κ2) is 6.16. The van der Waals surface area contributed by atoms with E-state index < -0.39 is 12.1 Å². The summed E-state index contributed by atoms with van der Waals surface area (Å²) in [5, 5.41) is 8.77. The van der Waals surface area contributed by atoms with Crippen molar-refractivity contribution in [2.24, 2.45) is 0 Å². The van der Waals surface area contributed by atoms with Gasteiger partial charge in [-0.2, -0.15) is 0 Å². The molecule has 0 aliphatic carbocycles. The second-order valence-electron chi connectivity index (χ2n) is 4.07. The largest absolute Gasteiger partial charge is 0.478 e. The van der Waals surface area contributed by atoms with Crippen LogP contribution in [0, 0.1) is 0 Å². The fourth-order valence-corrected chi connectivity index (χ4v) is 1.52. The predicted octanol–water partition coefficient (Wildman–Crippen LogP) is 1.38. The van der Waals surface area contributed by atoms with E-state index in [1.165, 1.54) is 19.2 Å². The first-order valence-corrected chi connectivity index (χ1v) is 5.55. The average Bonchev–Trinajstić information content (AvgIpc) is 2.37. The molecule has 0 radical (unpaired) electrons. The first-order chi connectivity index (χ1) is 8.45. The number of ether oxygens (including phenoxy) is 1. The van der Waals surface area contributed by atoms with Crippen molar-refractivity contribution in [1.82, 2.24) is 4.90 Å². The molecular weight excluding hydrogens is 234 g/mol. The number of hydrogen-bond donors (Lipinski definition) is 1. The Balaban J connectivity index is 2.67. The SMILES string of the molecule is COC(C)C(=O)N(C)Cc1ccc(C(=O)O)cc1. The molecule has 0 bridgehead atoms. The maximum atomic E-state index is 11.8. The van der Waals surface area contributed by atoms with Gasteiger partial charge in [0.1, 0.15) is 6.10 Å². The number of methoxy groups -OCH3 is 1. The number of likely N-dealkylation sites (N-methyl/N-ethyl adjacent to an activating group) is 1. The fourth-order valence-electron chi connectivity index (χ4n) is 1.52. The smallest absolute Gasteiger partial charge is 0.335 e. The van der Waals surface area contributed by atoms with Crippen LogP contribution in [0.5, 0.6) is 0 Å². The molecule has 18 heavy (non-hydrogen) atoms. The predicted molar refractivity (Wildman–Crippen MR) is 66.3 cm³/mol. The molecule has 0 spiro atoms. The molecule has 5 heteroatoms. The summed E-state index contributed by atoms with van der Waals surface area (Å²) in [5.41, 5.74) is 1.11. The highest BCUT2D eigenvalue weighted by molar-refractivity contribution is 5.87. The Bertz CT molecular complexity index is 427. The molecule has 0 aliphatic heterocycles. The van der Waals surface area contributed by atoms with Gasteiger partial charge in [0.05, 0.1) is 5.56 Å². The highest BCUT2D eigenvalue weighted by atomic mass is 16.5. The van der Waals surface area contributed by atoms with Crippen LogP contribution >= 0.6 is 0 Å². The van der Waals surface area contributed by atoms with E-state index in [0.29, 0.717) is 6.54 Å². The lowest BCUT2D eigenvalue weighted by molar-refractivity contribution is -0.140. The van der Waals surface area contributed by atoms with E-state index >= 15 is 0 Å². The minimum Gasteiger partial charge on any atom is -0.478 e. The molecule has 0 aliphatic rings. The number of carbonyl (C=O) groups is 2. The molecular formula is C13H17NO4. The van der Waals surface area contributed by atoms with Gasteiger partial charge in [0.2, 0.25) is 0 Å². The molecule has 0 saturated carbocycles. The van der Waals surface area contributed by atoms with Crippen LogP contribution in [0.1, 0.15) is 22.8 Å². The zero-order chi connectivity index (χ0) is 13.7. The van der Waals surface area contributed by atoms with Gasteiger partial charge < -0.3 is 14.7 Å². The maximum Gasteiger partial charge on any atom is 0.335 e. The molecule has 1 rings (SSSR count). The number of carboxylic acid groups (broad SMARTS) is 1. The highest BCUT2D eigenvalue weighted by Gasteiger charge is 2.16. The van der Waals surface area contributed by atoms with Crippen molar-refractivity contribution in [2.75, 3.05) is 14.2 Å². The van der Waals surface area contributed by atoms with E-state index in [2.05, 4.69) is 0 Å². The number of carboxylic acids is 1. The van der Waals surface area contributed by atoms with Crippen LogP contribution in [0.15, 0.2) is 24.3 Å². The van der Waals surface area contributed by atoms with Crippen LogP contribution in [0.3, 0.4) is 0 Å². The number of amides is 1. The summed E-state index contributed by atoms with van der Waals surface area (Å²) in [5.74, 6) is -1.07. The lowest BCUT2D eigenvalue weighted by Crippen LogP contribution is -2.35. The second-order valence-corrected chi connectivity index (χ2v) is 4.07. The molecule has 1 atom stereocenters. The first-order valence-electron chi connectivity index (χ1n) is 5.55. The highest BCUT2D eigenvalue weighted by Crippen LogP contribution is 2.08. The third-order valence-electron chi connectivity index (χ3n) is 2.70. The fraction of sp³-hybridized carbons (Fsp3) is 0.385. The number of carbonyl (C=O) groups excluding carboxylic acids is 1. The zero-order valence-electron chi connectivity index (χ0n) is 10.7. The van der Waals surface area contributed by atoms with E-state index in [4.69, 9.17) is 9.84 Å². The van der Waals surface area contributed by atoms with Gasteiger partial charge in [-0.25, -0.2) is 4.79 Å². The molecule has 1 amide bonds. The van der Waals surface area contributed by atoms with E-state index in [1.807, 2.05) is 0 Å². The normalized spacial score (nSPS) is 11.9. The third-order valence-corrected chi connectivity index (χ3v) is 2.70. The van der Waals surface area contributed by atoms with Crippen LogP contribution in [-0.4, -0.2) is 42.1 Å². The zero-order valence-corrected chi connectivity index (χ0v) is 10.7. The number of rotatable bonds is 5. The molecule has 1 aromatic rings. The van der Waals surface area contributed by atoms with Crippen molar-refractivity contribution in [3.05, 3.63) is 35.4 Å². The van der Waals surface area contributed by atoms with Crippen LogP contribution in [0.25, 0.3) is 0 Å². The van der Waals surface area contributed by atoms with Gasteiger partial charge in [-0.3, -0.25) is 4.79 Å². The maximum absolute atomic E-state index is 11.8. The molecule has 0 heterocycles. The Morgan fingerprint density at radius 1 is 1.33 bits per heavy atom. The van der Waals surface area contributed by atoms with E-state index in [9.17, 15) is 9.59 Å². The molecule has 0 fully saturated rings. The number of nitrogens with zero attached hydrogens (tertiary/aromatic N) is 1. The van der Waals surface area contributed by atoms with Crippen molar-refractivity contribution in [3.8, 4) is 0 Å². The van der Waals surface area contributed by atoms with E-state index in [0.717, 1.165) is 5.56 Å². The lowest BCUT2D eigenvalue weighted by Gasteiger charge is -2.20. The molecule has 98 valence electrons. The van der Waals surface area contributed by atoms with Gasteiger partial charge in [-0.05, 0) is 24.6 Å². The van der Waals surface area contributed by atoms with Crippen molar-refractivity contribution in [1.29, 1.82) is 0 Å². The minimum atomic E-state index is -0.959. The molecule has 1 unspecified atom stereocenters. The Morgan fingerprint density at radius 3 is 2.33 bits per heavy atom. The molecule has 1 aromatic carbocycles. The Hall–Kier alpha value is -1.88. The van der Waals surface area contributed by atoms with Crippen molar-refractivity contribution >= 4 is 11.9 Å². The van der Waals surface area contributed by atoms with Crippen LogP contribution in [-0.2, 0) is 16.1 Å². The summed E-state index contributed by atoms with van der Waals surface area (Å²) in [6, 6.07) is 6.45. The Morgan fingerprint density at radius 2 is 1.89 bits per heavy atom. The van der Waals surface area contributed by atoms with Gasteiger partial charge in [0.25, 0.3) is 5.91 Å². The monoisotopic (exact) mass is 251 g/mol. The standard InChI is InChI=1S/C13H17NO4/c1-9(18-3)12(15)14(2)8-10-4-6-11(7-5-10)13(16)17/h4-7,9H,8H2,1-3H3,(H,16,17). The number of benzene rings is 1. The Labute approximate surface area is 106 Å². The molecule has 5 nitrogen and oxygen atoms in total. The quantitative estimate of drug-likeness (QED) is 0.858. The Kier molecular flexibility index (Phi) is 4.85. The van der Waals surface area contributed by atoms with Crippen molar-refractivity contribution in [2.45, 2.75) is 19.6 Å². The van der Waals surface area contributed by atoms with Crippen LogP contribution in [0.4, 0.5) is 0 Å². The first kappa shape index (κ1) is 14.2. The average molecular weight is 251 g/mol. The van der Waals surface area contributed by atoms with Gasteiger partial charge >= 0.3 is 5.97 Å². The van der Waals surface area contributed by atoms with E-state index in [-0.39, 0.29) is 11.5 Å². The van der Waals surface area contributed by atoms with Crippen molar-refractivity contribution in [3.63, 3.8) is 0 Å². The summed E-state index contributed by atoms with van der Waals surface area (Å²) in [7, 11) is 3.17. The van der Waals surface area contributed by atoms with Gasteiger partial charge in [-0.1, -0.05) is 12.1 Å². The van der Waals surface area contributed by atoms with E-state index in [1.54, 1.807) is 31.0 Å². The minimum absolute atomic E-state index is 0.111. The molecule has 0 aromatic heterocycles. The number of aromatic carboxylic acids is 1. The summed E-state index contributed by atoms with van der Waals surface area (Å²) >= 11 is 0. The summed E-state index contributed by atoms with van der Waals surface area (Å²) in [6.07, 6.45) is -0.478. The summed E-state index contributed by atoms with van der Waals surface area (Å²) < 4.78 is 4.95. The van der Waals surface area contributed by atoms with Gasteiger partial charge in [0.15, 0.2) is 0 Å². The van der Waals surface area contributed by atoms with Gasteiger partial charge in [0, 0.05) is 20.7 Å². The van der Waals surface area contributed by atoms with Gasteiger partial charge in [-0.15, -0.1) is 0 Å². The van der Waals surface area contributed by atoms with Crippen LogP contribution < -0.4 is 0 Å². The number of hydrogen-bond acceptors (Lipinski definition) is 3. The molecule has 0 saturated heterocycles. The van der Waals surface area contributed by atoms with Crippen LogP contribution in [0.2, 0.25) is 0 Å². The summed E-state index contributed by atoms with van der Waals surface area (Å²) in [6.45, 7) is 2.11. The summed E-state index contributed by atoms with van der Waals surface area (Å²) in [4.78, 5) is 24.0. The lowest BCUT2D eigenvalue weighted by atomic mass is 10.1. The molecule has 1 N–H and O–H groups in total.